The standard InChI is InChI=1S/C12H20N4O4/c1-19-6-3-4-15(5-7-20-2)12-9-10(16(17)18)8-11(13)14-12/h8-9H,3-7H2,1-2H3,(H2,13,14). The summed E-state index contributed by atoms with van der Waals surface area (Å²) in [5.41, 5.74) is 5.55. The lowest BCUT2D eigenvalue weighted by atomic mass is 10.3. The number of nitrogens with two attached hydrogens (primary N) is 1. The van der Waals surface area contributed by atoms with Gasteiger partial charge in [-0.3, -0.25) is 10.1 Å². The molecule has 1 heterocycles. The SMILES string of the molecule is COCCCN(CCOC)c1cc([N+](=O)[O-])cc(N)n1. The molecule has 1 aromatic rings. The molecule has 0 spiro atoms. The summed E-state index contributed by atoms with van der Waals surface area (Å²) in [6, 6.07) is 2.66. The third-order valence-corrected chi connectivity index (χ3v) is 2.69. The Labute approximate surface area is 117 Å². The van der Waals surface area contributed by atoms with Gasteiger partial charge in [0.15, 0.2) is 0 Å². The number of nitro groups is 1. The first-order valence-electron chi connectivity index (χ1n) is 6.23. The van der Waals surface area contributed by atoms with Crippen molar-refractivity contribution < 1.29 is 14.4 Å². The van der Waals surface area contributed by atoms with Crippen LogP contribution in [0.25, 0.3) is 0 Å². The monoisotopic (exact) mass is 284 g/mol. The summed E-state index contributed by atoms with van der Waals surface area (Å²) in [6.07, 6.45) is 0.782. The van der Waals surface area contributed by atoms with Gasteiger partial charge in [0.25, 0.3) is 5.69 Å². The highest BCUT2D eigenvalue weighted by atomic mass is 16.6. The van der Waals surface area contributed by atoms with Crippen molar-refractivity contribution in [3.63, 3.8) is 0 Å². The number of nitrogens with zero attached hydrogens (tertiary/aromatic N) is 3. The van der Waals surface area contributed by atoms with E-state index < -0.39 is 4.92 Å². The van der Waals surface area contributed by atoms with E-state index in [2.05, 4.69) is 4.98 Å². The van der Waals surface area contributed by atoms with Crippen LogP contribution in [0, 0.1) is 10.1 Å². The molecule has 0 saturated heterocycles. The van der Waals surface area contributed by atoms with Crippen molar-refractivity contribution in [3.05, 3.63) is 22.2 Å². The van der Waals surface area contributed by atoms with E-state index in [9.17, 15) is 10.1 Å². The average molecular weight is 284 g/mol. The second kappa shape index (κ2) is 8.28. The van der Waals surface area contributed by atoms with Gasteiger partial charge in [-0.05, 0) is 6.42 Å². The van der Waals surface area contributed by atoms with Crippen LogP contribution in [0.5, 0.6) is 0 Å². The number of aromatic nitrogens is 1. The number of ether oxygens (including phenoxy) is 2. The van der Waals surface area contributed by atoms with E-state index in [0.717, 1.165) is 6.42 Å². The van der Waals surface area contributed by atoms with E-state index in [0.29, 0.717) is 32.1 Å². The first-order valence-corrected chi connectivity index (χ1v) is 6.23. The Kier molecular flexibility index (Phi) is 6.68. The molecular formula is C12H20N4O4. The molecule has 0 amide bonds. The average Bonchev–Trinajstić information content (AvgIpc) is 2.42. The molecule has 8 nitrogen and oxygen atoms in total. The molecule has 0 bridgehead atoms. The second-order valence-corrected chi connectivity index (χ2v) is 4.19. The van der Waals surface area contributed by atoms with Crippen LogP contribution in [-0.4, -0.2) is 50.4 Å². The van der Waals surface area contributed by atoms with Crippen molar-refractivity contribution in [2.45, 2.75) is 6.42 Å². The highest BCUT2D eigenvalue weighted by Crippen LogP contribution is 2.22. The molecule has 0 saturated carbocycles. The van der Waals surface area contributed by atoms with E-state index in [1.165, 1.54) is 12.1 Å². The molecule has 0 aliphatic carbocycles. The first kappa shape index (κ1) is 16.1. The minimum absolute atomic E-state index is 0.0679. The van der Waals surface area contributed by atoms with E-state index in [1.807, 2.05) is 4.90 Å². The van der Waals surface area contributed by atoms with Crippen LogP contribution in [0.3, 0.4) is 0 Å². The second-order valence-electron chi connectivity index (χ2n) is 4.19. The Morgan fingerprint density at radius 1 is 1.30 bits per heavy atom. The van der Waals surface area contributed by atoms with Crippen molar-refractivity contribution in [2.24, 2.45) is 0 Å². The minimum Gasteiger partial charge on any atom is -0.385 e. The minimum atomic E-state index is -0.481. The van der Waals surface area contributed by atoms with Crippen molar-refractivity contribution in [1.29, 1.82) is 0 Å². The summed E-state index contributed by atoms with van der Waals surface area (Å²) in [6.45, 7) is 2.34. The third-order valence-electron chi connectivity index (χ3n) is 2.69. The summed E-state index contributed by atoms with van der Waals surface area (Å²) in [5, 5.41) is 10.9. The Morgan fingerprint density at radius 3 is 2.60 bits per heavy atom. The molecule has 0 aromatic carbocycles. The van der Waals surface area contributed by atoms with E-state index in [-0.39, 0.29) is 11.5 Å². The molecule has 8 heteroatoms. The number of pyridine rings is 1. The number of anilines is 2. The fourth-order valence-corrected chi connectivity index (χ4v) is 1.73. The van der Waals surface area contributed by atoms with Gasteiger partial charge in [-0.15, -0.1) is 0 Å². The molecule has 1 rings (SSSR count). The number of hydrogen-bond acceptors (Lipinski definition) is 7. The van der Waals surface area contributed by atoms with Crippen LogP contribution >= 0.6 is 0 Å². The van der Waals surface area contributed by atoms with Crippen LogP contribution in [-0.2, 0) is 9.47 Å². The van der Waals surface area contributed by atoms with Gasteiger partial charge in [0.2, 0.25) is 0 Å². The molecule has 0 unspecified atom stereocenters. The van der Waals surface area contributed by atoms with Crippen LogP contribution in [0.2, 0.25) is 0 Å². The lowest BCUT2D eigenvalue weighted by Crippen LogP contribution is -2.30. The van der Waals surface area contributed by atoms with Gasteiger partial charge < -0.3 is 20.1 Å². The summed E-state index contributed by atoms with van der Waals surface area (Å²) in [7, 11) is 3.23. The zero-order valence-corrected chi connectivity index (χ0v) is 11.7. The van der Waals surface area contributed by atoms with Gasteiger partial charge in [0.1, 0.15) is 11.6 Å². The Balaban J connectivity index is 2.90. The van der Waals surface area contributed by atoms with Gasteiger partial charge in [-0.1, -0.05) is 0 Å². The summed E-state index contributed by atoms with van der Waals surface area (Å²) < 4.78 is 10.0. The Bertz CT molecular complexity index is 441. The first-order chi connectivity index (χ1) is 9.58. The van der Waals surface area contributed by atoms with Gasteiger partial charge >= 0.3 is 0 Å². The third kappa shape index (κ3) is 4.98. The molecule has 2 N–H and O–H groups in total. The van der Waals surface area contributed by atoms with Crippen molar-refractivity contribution in [3.8, 4) is 0 Å². The highest BCUT2D eigenvalue weighted by Gasteiger charge is 2.14. The van der Waals surface area contributed by atoms with Crippen molar-refractivity contribution >= 4 is 17.3 Å². The van der Waals surface area contributed by atoms with E-state index >= 15 is 0 Å². The zero-order chi connectivity index (χ0) is 15.0. The smallest absolute Gasteiger partial charge is 0.276 e. The summed E-state index contributed by atoms with van der Waals surface area (Å²) in [5.74, 6) is 0.605. The lowest BCUT2D eigenvalue weighted by molar-refractivity contribution is -0.384. The van der Waals surface area contributed by atoms with E-state index in [4.69, 9.17) is 15.2 Å². The Morgan fingerprint density at radius 2 is 2.00 bits per heavy atom. The van der Waals surface area contributed by atoms with Gasteiger partial charge in [-0.2, -0.15) is 0 Å². The topological polar surface area (TPSA) is 104 Å². The maximum Gasteiger partial charge on any atom is 0.276 e. The highest BCUT2D eigenvalue weighted by molar-refractivity contribution is 5.54. The normalized spacial score (nSPS) is 10.5. The number of hydrogen-bond donors (Lipinski definition) is 1. The number of rotatable bonds is 9. The molecule has 0 radical (unpaired) electrons. The quantitative estimate of drug-likeness (QED) is 0.410. The van der Waals surface area contributed by atoms with E-state index in [1.54, 1.807) is 14.2 Å². The van der Waals surface area contributed by atoms with Crippen molar-refractivity contribution in [2.75, 3.05) is 51.2 Å². The van der Waals surface area contributed by atoms with Crippen LogP contribution < -0.4 is 10.6 Å². The Hall–Kier alpha value is -1.93. The molecule has 0 atom stereocenters. The van der Waals surface area contributed by atoms with Gasteiger partial charge in [0.05, 0.1) is 23.7 Å². The van der Waals surface area contributed by atoms with Crippen LogP contribution in [0.1, 0.15) is 6.42 Å². The summed E-state index contributed by atoms with van der Waals surface area (Å²) >= 11 is 0. The molecule has 0 aliphatic heterocycles. The van der Waals surface area contributed by atoms with Gasteiger partial charge in [0, 0.05) is 33.9 Å². The van der Waals surface area contributed by atoms with Crippen molar-refractivity contribution in [1.82, 2.24) is 4.98 Å². The number of methoxy groups -OCH3 is 2. The molecule has 20 heavy (non-hydrogen) atoms. The maximum absolute atomic E-state index is 10.9. The largest absolute Gasteiger partial charge is 0.385 e. The fraction of sp³-hybridized carbons (Fsp3) is 0.583. The predicted octanol–water partition coefficient (Wildman–Crippen LogP) is 1.06. The molecule has 1 aromatic heterocycles. The lowest BCUT2D eigenvalue weighted by Gasteiger charge is -2.23. The van der Waals surface area contributed by atoms with Crippen LogP contribution in [0.15, 0.2) is 12.1 Å². The predicted molar refractivity (Wildman–Crippen MR) is 75.9 cm³/mol. The molecule has 112 valence electrons. The summed E-state index contributed by atoms with van der Waals surface area (Å²) in [4.78, 5) is 16.4. The maximum atomic E-state index is 10.9. The van der Waals surface area contributed by atoms with Gasteiger partial charge in [-0.25, -0.2) is 4.98 Å². The molecular weight excluding hydrogens is 264 g/mol. The zero-order valence-electron chi connectivity index (χ0n) is 11.7. The molecule has 0 fully saturated rings. The number of nitrogen functional groups attached to an aromatic ring is 1. The van der Waals surface area contributed by atoms with Crippen LogP contribution in [0.4, 0.5) is 17.3 Å². The fourth-order valence-electron chi connectivity index (χ4n) is 1.73. The molecule has 0 aliphatic rings.